The molecule has 0 spiro atoms. The van der Waals surface area contributed by atoms with E-state index in [2.05, 4.69) is 44.5 Å². The van der Waals surface area contributed by atoms with Crippen LogP contribution in [0.15, 0.2) is 45.2 Å². The highest BCUT2D eigenvalue weighted by Gasteiger charge is 2.21. The third-order valence-electron chi connectivity index (χ3n) is 3.59. The first-order valence-electron chi connectivity index (χ1n) is 7.47. The van der Waals surface area contributed by atoms with E-state index in [0.29, 0.717) is 0 Å². The molecule has 0 radical (unpaired) electrons. The standard InChI is InChI=1S/C16H20N4S2/c1-17-15(18-8-4-11-21-16-19-9-12-22-16)20-10-7-13-5-2-3-6-14(13)20/h2-3,5-6,9,12H,4,7-8,10-11H2,1H3,(H,17,18). The number of aliphatic imine (C=N–C) groups is 1. The van der Waals surface area contributed by atoms with Gasteiger partial charge < -0.3 is 10.2 Å². The molecule has 0 unspecified atom stereocenters. The second-order valence-corrected chi connectivity index (χ2v) is 7.24. The second-order valence-electron chi connectivity index (χ2n) is 5.00. The average Bonchev–Trinajstić information content (AvgIpc) is 3.20. The first kappa shape index (κ1) is 15.4. The molecule has 1 N–H and O–H groups in total. The number of hydrogen-bond donors (Lipinski definition) is 1. The van der Waals surface area contributed by atoms with Crippen molar-refractivity contribution in [3.8, 4) is 0 Å². The van der Waals surface area contributed by atoms with Crippen LogP contribution in [0.5, 0.6) is 0 Å². The van der Waals surface area contributed by atoms with Crippen molar-refractivity contribution < 1.29 is 0 Å². The third-order valence-corrected chi connectivity index (χ3v) is 5.65. The van der Waals surface area contributed by atoms with Crippen molar-refractivity contribution in [2.45, 2.75) is 17.2 Å². The molecule has 1 aliphatic rings. The Balaban J connectivity index is 1.47. The molecule has 0 saturated carbocycles. The highest BCUT2D eigenvalue weighted by Crippen LogP contribution is 2.27. The smallest absolute Gasteiger partial charge is 0.198 e. The van der Waals surface area contributed by atoms with Gasteiger partial charge in [-0.3, -0.25) is 4.99 Å². The van der Waals surface area contributed by atoms with Gasteiger partial charge in [-0.1, -0.05) is 30.0 Å². The van der Waals surface area contributed by atoms with E-state index in [4.69, 9.17) is 0 Å². The summed E-state index contributed by atoms with van der Waals surface area (Å²) >= 11 is 3.53. The lowest BCUT2D eigenvalue weighted by atomic mass is 10.2. The normalized spacial score (nSPS) is 14.2. The van der Waals surface area contributed by atoms with Gasteiger partial charge in [0, 0.05) is 43.2 Å². The summed E-state index contributed by atoms with van der Waals surface area (Å²) in [7, 11) is 1.85. The zero-order chi connectivity index (χ0) is 15.2. The topological polar surface area (TPSA) is 40.5 Å². The van der Waals surface area contributed by atoms with Gasteiger partial charge in [-0.2, -0.15) is 0 Å². The summed E-state index contributed by atoms with van der Waals surface area (Å²) in [5.74, 6) is 2.05. The molecule has 116 valence electrons. The minimum absolute atomic E-state index is 0.934. The molecule has 2 aromatic rings. The van der Waals surface area contributed by atoms with Crippen molar-refractivity contribution in [3.63, 3.8) is 0 Å². The molecule has 0 saturated heterocycles. The fourth-order valence-corrected chi connectivity index (χ4v) is 4.21. The lowest BCUT2D eigenvalue weighted by molar-refractivity contribution is 0.822. The number of aromatic nitrogens is 1. The van der Waals surface area contributed by atoms with Gasteiger partial charge in [0.25, 0.3) is 0 Å². The predicted molar refractivity (Wildman–Crippen MR) is 96.3 cm³/mol. The first-order valence-corrected chi connectivity index (χ1v) is 9.33. The number of para-hydroxylation sites is 1. The van der Waals surface area contributed by atoms with Crippen LogP contribution in [0, 0.1) is 0 Å². The van der Waals surface area contributed by atoms with Gasteiger partial charge in [0.1, 0.15) is 4.34 Å². The van der Waals surface area contributed by atoms with Crippen LogP contribution < -0.4 is 10.2 Å². The number of fused-ring (bicyclic) bond motifs is 1. The van der Waals surface area contributed by atoms with Gasteiger partial charge >= 0.3 is 0 Å². The minimum atomic E-state index is 0.934. The molecule has 0 fully saturated rings. The van der Waals surface area contributed by atoms with Crippen LogP contribution in [-0.2, 0) is 6.42 Å². The Hall–Kier alpha value is -1.53. The first-order chi connectivity index (χ1) is 10.9. The maximum Gasteiger partial charge on any atom is 0.198 e. The van der Waals surface area contributed by atoms with Crippen LogP contribution in [0.2, 0.25) is 0 Å². The van der Waals surface area contributed by atoms with Gasteiger partial charge in [0.15, 0.2) is 5.96 Å². The number of rotatable bonds is 5. The molecule has 1 aromatic heterocycles. The maximum atomic E-state index is 4.43. The fraction of sp³-hybridized carbons (Fsp3) is 0.375. The van der Waals surface area contributed by atoms with Crippen molar-refractivity contribution in [2.24, 2.45) is 4.99 Å². The van der Waals surface area contributed by atoms with Gasteiger partial charge in [0.2, 0.25) is 0 Å². The number of benzene rings is 1. The van der Waals surface area contributed by atoms with E-state index in [1.165, 1.54) is 11.3 Å². The van der Waals surface area contributed by atoms with Crippen molar-refractivity contribution in [1.82, 2.24) is 10.3 Å². The summed E-state index contributed by atoms with van der Waals surface area (Å²) in [6, 6.07) is 8.57. The molecule has 0 bridgehead atoms. The van der Waals surface area contributed by atoms with E-state index in [9.17, 15) is 0 Å². The van der Waals surface area contributed by atoms with E-state index in [-0.39, 0.29) is 0 Å². The third kappa shape index (κ3) is 3.62. The molecular weight excluding hydrogens is 312 g/mol. The molecule has 0 aliphatic carbocycles. The lowest BCUT2D eigenvalue weighted by Crippen LogP contribution is -2.41. The molecule has 22 heavy (non-hydrogen) atoms. The van der Waals surface area contributed by atoms with Crippen LogP contribution in [0.3, 0.4) is 0 Å². The Morgan fingerprint density at radius 2 is 2.36 bits per heavy atom. The van der Waals surface area contributed by atoms with E-state index >= 15 is 0 Å². The Kier molecular flexibility index (Phi) is 5.34. The fourth-order valence-electron chi connectivity index (χ4n) is 2.57. The summed E-state index contributed by atoms with van der Waals surface area (Å²) in [6.45, 7) is 1.94. The van der Waals surface area contributed by atoms with Crippen LogP contribution >= 0.6 is 23.1 Å². The van der Waals surface area contributed by atoms with Crippen LogP contribution in [0.1, 0.15) is 12.0 Å². The highest BCUT2D eigenvalue weighted by atomic mass is 32.2. The number of anilines is 1. The van der Waals surface area contributed by atoms with Crippen LogP contribution in [0.4, 0.5) is 5.69 Å². The molecule has 6 heteroatoms. The molecule has 4 nitrogen and oxygen atoms in total. The average molecular weight is 332 g/mol. The number of guanidine groups is 1. The highest BCUT2D eigenvalue weighted by molar-refractivity contribution is 8.00. The Labute approximate surface area is 139 Å². The number of hydrogen-bond acceptors (Lipinski definition) is 4. The van der Waals surface area contributed by atoms with Crippen molar-refractivity contribution in [1.29, 1.82) is 0 Å². The van der Waals surface area contributed by atoms with Gasteiger partial charge in [0.05, 0.1) is 0 Å². The lowest BCUT2D eigenvalue weighted by Gasteiger charge is -2.22. The minimum Gasteiger partial charge on any atom is -0.356 e. The van der Waals surface area contributed by atoms with Gasteiger partial charge in [-0.15, -0.1) is 11.3 Å². The van der Waals surface area contributed by atoms with Crippen molar-refractivity contribution >= 4 is 34.7 Å². The Morgan fingerprint density at radius 1 is 1.45 bits per heavy atom. The number of nitrogens with zero attached hydrogens (tertiary/aromatic N) is 3. The molecule has 1 aromatic carbocycles. The molecule has 1 aliphatic heterocycles. The Bertz CT molecular complexity index is 625. The zero-order valence-electron chi connectivity index (χ0n) is 12.7. The van der Waals surface area contributed by atoms with Crippen LogP contribution in [-0.4, -0.2) is 36.8 Å². The summed E-state index contributed by atoms with van der Waals surface area (Å²) in [5, 5.41) is 5.50. The molecule has 2 heterocycles. The largest absolute Gasteiger partial charge is 0.356 e. The van der Waals surface area contributed by atoms with Crippen molar-refractivity contribution in [2.75, 3.05) is 30.8 Å². The summed E-state index contributed by atoms with van der Waals surface area (Å²) in [4.78, 5) is 11.0. The maximum absolute atomic E-state index is 4.43. The monoisotopic (exact) mass is 332 g/mol. The second kappa shape index (κ2) is 7.65. The van der Waals surface area contributed by atoms with E-state index in [0.717, 1.165) is 42.0 Å². The molecule has 3 rings (SSSR count). The van der Waals surface area contributed by atoms with Gasteiger partial charge in [-0.05, 0) is 24.5 Å². The SMILES string of the molecule is CN=C(NCCCSc1nccs1)N1CCc2ccccc21. The number of thioether (sulfide) groups is 1. The summed E-state index contributed by atoms with van der Waals surface area (Å²) in [6.07, 6.45) is 4.05. The number of nitrogens with one attached hydrogen (secondary N) is 1. The van der Waals surface area contributed by atoms with E-state index in [1.807, 2.05) is 30.4 Å². The van der Waals surface area contributed by atoms with Gasteiger partial charge in [-0.25, -0.2) is 4.98 Å². The predicted octanol–water partition coefficient (Wildman–Crippen LogP) is 3.26. The van der Waals surface area contributed by atoms with E-state index in [1.54, 1.807) is 11.3 Å². The van der Waals surface area contributed by atoms with Crippen molar-refractivity contribution in [3.05, 3.63) is 41.4 Å². The number of thiazole rings is 1. The molecule has 0 amide bonds. The van der Waals surface area contributed by atoms with E-state index < -0.39 is 0 Å². The quantitative estimate of drug-likeness (QED) is 0.395. The Morgan fingerprint density at radius 3 is 3.18 bits per heavy atom. The summed E-state index contributed by atoms with van der Waals surface area (Å²) < 4.78 is 1.15. The zero-order valence-corrected chi connectivity index (χ0v) is 14.3. The molecular formula is C16H20N4S2. The summed E-state index contributed by atoms with van der Waals surface area (Å²) in [5.41, 5.74) is 2.69. The van der Waals surface area contributed by atoms with Crippen LogP contribution in [0.25, 0.3) is 0 Å². The molecule has 0 atom stereocenters.